The molecule has 0 atom stereocenters. The minimum absolute atomic E-state index is 0.945. The number of aryl methyl sites for hydroxylation is 1. The van der Waals surface area contributed by atoms with Crippen LogP contribution in [0.3, 0.4) is 0 Å². The third kappa shape index (κ3) is 3.54. The molecule has 2 aromatic rings. The number of hydrogen-bond acceptors (Lipinski definition) is 2. The zero-order chi connectivity index (χ0) is 18.1. The van der Waals surface area contributed by atoms with Crippen LogP contribution in [0.2, 0.25) is 0 Å². The van der Waals surface area contributed by atoms with Gasteiger partial charge in [0.1, 0.15) is 5.84 Å². The third-order valence-electron chi connectivity index (χ3n) is 4.83. The van der Waals surface area contributed by atoms with Crippen LogP contribution in [0.5, 0.6) is 0 Å². The predicted octanol–water partition coefficient (Wildman–Crippen LogP) is 4.79. The topological polar surface area (TPSA) is 15.6 Å². The van der Waals surface area contributed by atoms with E-state index >= 15 is 0 Å². The van der Waals surface area contributed by atoms with Gasteiger partial charge in [0.2, 0.25) is 0 Å². The maximum absolute atomic E-state index is 4.88. The highest BCUT2D eigenvalue weighted by Gasteiger charge is 2.22. The molecule has 0 saturated carbocycles. The maximum atomic E-state index is 4.88. The van der Waals surface area contributed by atoms with Crippen molar-refractivity contribution < 1.29 is 0 Å². The van der Waals surface area contributed by atoms with Crippen molar-refractivity contribution in [2.24, 2.45) is 4.40 Å². The highest BCUT2D eigenvalue weighted by atomic mass is 32.2. The van der Waals surface area contributed by atoms with Crippen LogP contribution in [0.15, 0.2) is 71.3 Å². The fraction of sp³-hybridized carbons (Fsp3) is 0.174. The summed E-state index contributed by atoms with van der Waals surface area (Å²) in [5.74, 6) is 10.4. The summed E-state index contributed by atoms with van der Waals surface area (Å²) in [4.78, 5) is 2.22. The third-order valence-corrected chi connectivity index (χ3v) is 6.33. The molecule has 132 valence electrons. The molecule has 0 saturated heterocycles. The second-order valence-corrected chi connectivity index (χ2v) is 9.68. The van der Waals surface area contributed by atoms with Crippen LogP contribution in [0.4, 0.5) is 0 Å². The number of benzene rings is 2. The molecule has 0 aliphatic carbocycles. The van der Waals surface area contributed by atoms with E-state index < -0.39 is 9.39 Å². The van der Waals surface area contributed by atoms with Crippen LogP contribution in [-0.2, 0) is 6.42 Å². The Labute approximate surface area is 156 Å². The van der Waals surface area contributed by atoms with Gasteiger partial charge in [0.15, 0.2) is 0 Å². The smallest absolute Gasteiger partial charge is 0.147 e. The summed E-state index contributed by atoms with van der Waals surface area (Å²) in [6.07, 6.45) is 7.30. The van der Waals surface area contributed by atoms with Gasteiger partial charge in [-0.15, -0.1) is 9.39 Å². The van der Waals surface area contributed by atoms with Crippen molar-refractivity contribution in [1.29, 1.82) is 0 Å². The van der Waals surface area contributed by atoms with Crippen LogP contribution < -0.4 is 0 Å². The summed E-state index contributed by atoms with van der Waals surface area (Å²) in [5, 5.41) is 0. The van der Waals surface area contributed by atoms with E-state index in [1.54, 1.807) is 0 Å². The average molecular weight is 361 g/mol. The van der Waals surface area contributed by atoms with Crippen LogP contribution in [0.25, 0.3) is 5.57 Å². The molecule has 0 amide bonds. The number of allylic oxidation sites excluding steroid dienone is 2. The number of fused-ring (bicyclic) bond motifs is 1. The zero-order valence-corrected chi connectivity index (χ0v) is 16.0. The van der Waals surface area contributed by atoms with Gasteiger partial charge in [-0.3, -0.25) is 0 Å². The van der Waals surface area contributed by atoms with Crippen molar-refractivity contribution >= 4 is 32.5 Å². The SMILES string of the molecule is C=S1(=C)CCN2C=CC=C(c3ccc(Cc4ccc(C)cc4)cc3)C2=N1. The second kappa shape index (κ2) is 6.65. The Morgan fingerprint density at radius 3 is 2.35 bits per heavy atom. The van der Waals surface area contributed by atoms with Crippen molar-refractivity contribution in [3.05, 3.63) is 89.1 Å². The van der Waals surface area contributed by atoms with E-state index in [1.165, 1.54) is 27.8 Å². The van der Waals surface area contributed by atoms with Gasteiger partial charge >= 0.3 is 0 Å². The Morgan fingerprint density at radius 2 is 1.65 bits per heavy atom. The van der Waals surface area contributed by atoms with Crippen LogP contribution >= 0.6 is 9.39 Å². The minimum atomic E-state index is -1.37. The summed E-state index contributed by atoms with van der Waals surface area (Å²) in [5.41, 5.74) is 6.32. The Hall–Kier alpha value is -2.52. The normalized spacial score (nSPS) is 18.1. The maximum Gasteiger partial charge on any atom is 0.147 e. The molecule has 2 aromatic carbocycles. The molecule has 2 heterocycles. The van der Waals surface area contributed by atoms with E-state index in [-0.39, 0.29) is 0 Å². The molecule has 0 N–H and O–H groups in total. The van der Waals surface area contributed by atoms with Gasteiger partial charge in [0, 0.05) is 24.1 Å². The summed E-state index contributed by atoms with van der Waals surface area (Å²) in [6, 6.07) is 17.6. The molecule has 2 aliphatic rings. The van der Waals surface area contributed by atoms with E-state index in [0.717, 1.165) is 24.6 Å². The molecule has 3 heteroatoms. The van der Waals surface area contributed by atoms with Gasteiger partial charge in [0.05, 0.1) is 0 Å². The van der Waals surface area contributed by atoms with Crippen LogP contribution in [0, 0.1) is 6.92 Å². The predicted molar refractivity (Wildman–Crippen MR) is 118 cm³/mol. The summed E-state index contributed by atoms with van der Waals surface area (Å²) in [7, 11) is -1.37. The molecule has 0 aromatic heterocycles. The first-order valence-corrected chi connectivity index (χ1v) is 11.0. The summed E-state index contributed by atoms with van der Waals surface area (Å²) in [6.45, 7) is 3.07. The molecular weight excluding hydrogens is 336 g/mol. The molecule has 0 spiro atoms. The van der Waals surface area contributed by atoms with E-state index in [9.17, 15) is 0 Å². The molecule has 0 unspecified atom stereocenters. The lowest BCUT2D eigenvalue weighted by molar-refractivity contribution is 0.593. The van der Waals surface area contributed by atoms with Crippen molar-refractivity contribution in [1.82, 2.24) is 4.90 Å². The zero-order valence-electron chi connectivity index (χ0n) is 15.2. The van der Waals surface area contributed by atoms with Crippen LogP contribution in [0.1, 0.15) is 22.3 Å². The minimum Gasteiger partial charge on any atom is -0.331 e. The fourth-order valence-electron chi connectivity index (χ4n) is 3.29. The Bertz CT molecular complexity index is 1000. The highest BCUT2D eigenvalue weighted by Crippen LogP contribution is 2.33. The second-order valence-electron chi connectivity index (χ2n) is 7.09. The Kier molecular flexibility index (Phi) is 4.33. The largest absolute Gasteiger partial charge is 0.331 e. The first kappa shape index (κ1) is 16.9. The monoisotopic (exact) mass is 360 g/mol. The molecular formula is C23H24N2S. The molecule has 0 radical (unpaired) electrons. The highest BCUT2D eigenvalue weighted by molar-refractivity contribution is 8.26. The summed E-state index contributed by atoms with van der Waals surface area (Å²) >= 11 is 0. The van der Waals surface area contributed by atoms with E-state index in [2.05, 4.69) is 90.4 Å². The Balaban J connectivity index is 1.60. The molecule has 2 aliphatic heterocycles. The van der Waals surface area contributed by atoms with Crippen LogP contribution in [-0.4, -0.2) is 34.8 Å². The van der Waals surface area contributed by atoms with E-state index in [4.69, 9.17) is 4.40 Å². The first-order chi connectivity index (χ1) is 12.5. The average Bonchev–Trinajstić information content (AvgIpc) is 2.63. The van der Waals surface area contributed by atoms with Gasteiger partial charge in [-0.2, -0.15) is 0 Å². The molecule has 2 nitrogen and oxygen atoms in total. The van der Waals surface area contributed by atoms with Gasteiger partial charge in [-0.1, -0.05) is 65.8 Å². The van der Waals surface area contributed by atoms with Crippen molar-refractivity contribution in [3.63, 3.8) is 0 Å². The number of hydrogen-bond donors (Lipinski definition) is 0. The lowest BCUT2D eigenvalue weighted by atomic mass is 9.98. The van der Waals surface area contributed by atoms with Gasteiger partial charge in [-0.25, -0.2) is 4.40 Å². The van der Waals surface area contributed by atoms with E-state index in [0.29, 0.717) is 0 Å². The van der Waals surface area contributed by atoms with Crippen molar-refractivity contribution in [3.8, 4) is 0 Å². The molecule has 4 rings (SSSR count). The van der Waals surface area contributed by atoms with E-state index in [1.807, 2.05) is 0 Å². The van der Waals surface area contributed by atoms with Gasteiger partial charge in [0.25, 0.3) is 0 Å². The molecule has 0 bridgehead atoms. The number of rotatable bonds is 3. The quantitative estimate of drug-likeness (QED) is 0.718. The molecule has 26 heavy (non-hydrogen) atoms. The van der Waals surface area contributed by atoms with Gasteiger partial charge in [-0.05, 0) is 42.2 Å². The van der Waals surface area contributed by atoms with Gasteiger partial charge < -0.3 is 4.90 Å². The number of nitrogens with zero attached hydrogens (tertiary/aromatic N) is 2. The fourth-order valence-corrected chi connectivity index (χ4v) is 4.49. The standard InChI is InChI=1S/C23H24N2S/c1-18-6-8-19(9-7-18)17-20-10-12-21(13-11-20)22-5-4-14-25-15-16-26(2,3)24-23(22)25/h4-14H,2-3,15-17H2,1H3. The van der Waals surface area contributed by atoms with Crippen molar-refractivity contribution in [2.75, 3.05) is 12.3 Å². The first-order valence-electron chi connectivity index (χ1n) is 8.88. The van der Waals surface area contributed by atoms with Crippen molar-refractivity contribution in [2.45, 2.75) is 13.3 Å². The lowest BCUT2D eigenvalue weighted by Crippen LogP contribution is -2.34. The number of amidine groups is 1. The molecule has 0 fully saturated rings. The lowest BCUT2D eigenvalue weighted by Gasteiger charge is -2.32. The summed E-state index contributed by atoms with van der Waals surface area (Å²) < 4.78 is 4.88. The Morgan fingerprint density at radius 1 is 1.00 bits per heavy atom.